The fourth-order valence-electron chi connectivity index (χ4n) is 6.16. The summed E-state index contributed by atoms with van der Waals surface area (Å²) in [6.07, 6.45) is 9.03. The zero-order chi connectivity index (χ0) is 22.8. The molecular formula is C25H36N2O5S. The maximum Gasteiger partial charge on any atom is 0.260 e. The van der Waals surface area contributed by atoms with Gasteiger partial charge in [-0.1, -0.05) is 31.0 Å². The number of carbonyl (C=O) groups is 1. The summed E-state index contributed by atoms with van der Waals surface area (Å²) in [6.45, 7) is 0.935. The normalized spacial score (nSPS) is 31.6. The van der Waals surface area contributed by atoms with Crippen molar-refractivity contribution in [3.8, 4) is 5.75 Å². The van der Waals surface area contributed by atoms with Gasteiger partial charge in [-0.3, -0.25) is 4.79 Å². The summed E-state index contributed by atoms with van der Waals surface area (Å²) in [4.78, 5) is 15.1. The van der Waals surface area contributed by atoms with Gasteiger partial charge in [-0.15, -0.1) is 0 Å². The first-order valence-corrected chi connectivity index (χ1v) is 14.2. The third kappa shape index (κ3) is 5.08. The van der Waals surface area contributed by atoms with Crippen molar-refractivity contribution in [2.24, 2.45) is 0 Å². The van der Waals surface area contributed by atoms with Crippen LogP contribution >= 0.6 is 0 Å². The first-order chi connectivity index (χ1) is 16.0. The average molecular weight is 477 g/mol. The minimum Gasteiger partial charge on any atom is -0.483 e. The van der Waals surface area contributed by atoms with Crippen molar-refractivity contribution in [1.82, 2.24) is 9.62 Å². The zero-order valence-corrected chi connectivity index (χ0v) is 20.1. The molecule has 182 valence electrons. The average Bonchev–Trinajstić information content (AvgIpc) is 3.38. The third-order valence-electron chi connectivity index (χ3n) is 8.04. The lowest BCUT2D eigenvalue weighted by Crippen LogP contribution is -2.60. The van der Waals surface area contributed by atoms with Crippen LogP contribution in [0.2, 0.25) is 0 Å². The molecule has 3 heterocycles. The second-order valence-electron chi connectivity index (χ2n) is 10.1. The summed E-state index contributed by atoms with van der Waals surface area (Å²) in [5.41, 5.74) is 1.18. The Morgan fingerprint density at radius 2 is 1.70 bits per heavy atom. The molecule has 1 aromatic rings. The van der Waals surface area contributed by atoms with Crippen LogP contribution in [-0.2, 0) is 19.6 Å². The van der Waals surface area contributed by atoms with E-state index in [-0.39, 0.29) is 36.0 Å². The van der Waals surface area contributed by atoms with Crippen molar-refractivity contribution >= 4 is 15.9 Å². The number of nitrogens with zero attached hydrogens (tertiary/aromatic N) is 1. The van der Waals surface area contributed by atoms with E-state index in [0.717, 1.165) is 70.0 Å². The molecule has 6 rings (SSSR count). The molecule has 8 heteroatoms. The minimum atomic E-state index is -3.41. The first kappa shape index (κ1) is 23.1. The summed E-state index contributed by atoms with van der Waals surface area (Å²) in [7, 11) is -3.41. The number of hydrogen-bond donors (Lipinski definition) is 1. The Balaban J connectivity index is 1.38. The molecule has 0 aromatic heterocycles. The third-order valence-corrected chi connectivity index (χ3v) is 10.0. The Kier molecular flexibility index (Phi) is 6.95. The van der Waals surface area contributed by atoms with Crippen LogP contribution in [-0.4, -0.2) is 62.4 Å². The van der Waals surface area contributed by atoms with Crippen LogP contribution in [0.1, 0.15) is 75.7 Å². The SMILES string of the molecule is O=C1COc2ccccc2C2CCC(CC2)OCC2C(NS(=O)(=O)C3CCCC3)CCCN12. The van der Waals surface area contributed by atoms with Crippen molar-refractivity contribution in [1.29, 1.82) is 0 Å². The fourth-order valence-corrected chi connectivity index (χ4v) is 8.01. The molecule has 2 aliphatic carbocycles. The molecule has 0 spiro atoms. The molecule has 3 fully saturated rings. The maximum atomic E-state index is 13.3. The molecule has 2 atom stereocenters. The van der Waals surface area contributed by atoms with E-state index in [4.69, 9.17) is 9.47 Å². The molecule has 2 saturated carbocycles. The molecule has 1 saturated heterocycles. The van der Waals surface area contributed by atoms with Crippen LogP contribution in [0.4, 0.5) is 0 Å². The lowest BCUT2D eigenvalue weighted by Gasteiger charge is -2.42. The number of fused-ring (bicyclic) bond motifs is 5. The van der Waals surface area contributed by atoms with Gasteiger partial charge < -0.3 is 14.4 Å². The van der Waals surface area contributed by atoms with Gasteiger partial charge in [0.1, 0.15) is 5.75 Å². The predicted octanol–water partition coefficient (Wildman–Crippen LogP) is 3.34. The Hall–Kier alpha value is -1.64. The number of carbonyl (C=O) groups excluding carboxylic acids is 1. The Labute approximate surface area is 197 Å². The van der Waals surface area contributed by atoms with Gasteiger partial charge in [0, 0.05) is 12.6 Å². The van der Waals surface area contributed by atoms with Crippen LogP contribution in [0, 0.1) is 0 Å². The number of hydrogen-bond acceptors (Lipinski definition) is 5. The molecule has 33 heavy (non-hydrogen) atoms. The topological polar surface area (TPSA) is 84.9 Å². The van der Waals surface area contributed by atoms with Gasteiger partial charge in [0.25, 0.3) is 5.91 Å². The van der Waals surface area contributed by atoms with Crippen LogP contribution in [0.5, 0.6) is 5.75 Å². The molecule has 5 aliphatic rings. The fraction of sp³-hybridized carbons (Fsp3) is 0.720. The van der Waals surface area contributed by atoms with Gasteiger partial charge >= 0.3 is 0 Å². The highest BCUT2D eigenvalue weighted by Crippen LogP contribution is 2.39. The standard InChI is InChI=1S/C25H36N2O5S/c28-25-17-32-24-10-4-3-8-21(24)18-11-13-19(14-12-18)31-16-23-22(9-5-15-27(23)25)26-33(29,30)20-6-1-2-7-20/h3-4,8,10,18-20,22-23,26H,1-2,5-7,9,11-17H2. The number of rotatable bonds is 3. The van der Waals surface area contributed by atoms with E-state index in [1.54, 1.807) is 4.90 Å². The molecule has 1 N–H and O–H groups in total. The number of para-hydroxylation sites is 1. The highest BCUT2D eigenvalue weighted by Gasteiger charge is 2.40. The minimum absolute atomic E-state index is 0.0360. The lowest BCUT2D eigenvalue weighted by molar-refractivity contribution is -0.140. The number of piperidine rings is 1. The molecule has 2 bridgehead atoms. The Morgan fingerprint density at radius 1 is 0.939 bits per heavy atom. The molecule has 2 unspecified atom stereocenters. The molecule has 3 aliphatic heterocycles. The largest absolute Gasteiger partial charge is 0.483 e. The summed E-state index contributed by atoms with van der Waals surface area (Å²) < 4.78 is 41.5. The van der Waals surface area contributed by atoms with E-state index < -0.39 is 10.0 Å². The van der Waals surface area contributed by atoms with Crippen LogP contribution in [0.25, 0.3) is 0 Å². The van der Waals surface area contributed by atoms with Crippen molar-refractivity contribution in [2.75, 3.05) is 19.8 Å². The van der Waals surface area contributed by atoms with Gasteiger partial charge in [-0.2, -0.15) is 0 Å². The number of sulfonamides is 1. The smallest absolute Gasteiger partial charge is 0.260 e. The van der Waals surface area contributed by atoms with Crippen molar-refractivity contribution in [2.45, 2.75) is 93.6 Å². The van der Waals surface area contributed by atoms with E-state index >= 15 is 0 Å². The van der Waals surface area contributed by atoms with Gasteiger partial charge in [-0.25, -0.2) is 13.1 Å². The van der Waals surface area contributed by atoms with E-state index in [1.165, 1.54) is 5.56 Å². The van der Waals surface area contributed by atoms with Gasteiger partial charge in [0.05, 0.1) is 24.0 Å². The van der Waals surface area contributed by atoms with E-state index in [2.05, 4.69) is 10.8 Å². The van der Waals surface area contributed by atoms with Crippen LogP contribution < -0.4 is 9.46 Å². The van der Waals surface area contributed by atoms with Crippen molar-refractivity contribution in [3.63, 3.8) is 0 Å². The molecular weight excluding hydrogens is 440 g/mol. The van der Waals surface area contributed by atoms with Crippen molar-refractivity contribution < 1.29 is 22.7 Å². The summed E-state index contributed by atoms with van der Waals surface area (Å²) in [5, 5.41) is -0.311. The second kappa shape index (κ2) is 9.92. The van der Waals surface area contributed by atoms with E-state index in [1.807, 2.05) is 18.2 Å². The summed E-state index contributed by atoms with van der Waals surface area (Å²) in [5.74, 6) is 1.11. The maximum absolute atomic E-state index is 13.3. The molecule has 7 nitrogen and oxygen atoms in total. The predicted molar refractivity (Wildman–Crippen MR) is 126 cm³/mol. The quantitative estimate of drug-likeness (QED) is 0.723. The number of nitrogens with one attached hydrogen (secondary N) is 1. The van der Waals surface area contributed by atoms with Crippen LogP contribution in [0.3, 0.4) is 0 Å². The first-order valence-electron chi connectivity index (χ1n) is 12.7. The van der Waals surface area contributed by atoms with Crippen LogP contribution in [0.15, 0.2) is 24.3 Å². The number of ether oxygens (including phenoxy) is 2. The zero-order valence-electron chi connectivity index (χ0n) is 19.3. The Morgan fingerprint density at radius 3 is 2.48 bits per heavy atom. The highest BCUT2D eigenvalue weighted by molar-refractivity contribution is 7.90. The summed E-state index contributed by atoms with van der Waals surface area (Å²) in [6, 6.07) is 7.43. The molecule has 1 aromatic carbocycles. The monoisotopic (exact) mass is 476 g/mol. The Bertz CT molecular complexity index is 938. The van der Waals surface area contributed by atoms with E-state index in [9.17, 15) is 13.2 Å². The summed E-state index contributed by atoms with van der Waals surface area (Å²) >= 11 is 0. The lowest BCUT2D eigenvalue weighted by atomic mass is 9.82. The molecule has 0 radical (unpaired) electrons. The van der Waals surface area contributed by atoms with Gasteiger partial charge in [0.2, 0.25) is 10.0 Å². The van der Waals surface area contributed by atoms with E-state index in [0.29, 0.717) is 19.1 Å². The van der Waals surface area contributed by atoms with Crippen molar-refractivity contribution in [3.05, 3.63) is 29.8 Å². The van der Waals surface area contributed by atoms with Gasteiger partial charge in [-0.05, 0) is 68.9 Å². The second-order valence-corrected chi connectivity index (χ2v) is 12.1. The number of benzene rings is 1. The molecule has 1 amide bonds. The number of amides is 1. The highest BCUT2D eigenvalue weighted by atomic mass is 32.2. The van der Waals surface area contributed by atoms with Gasteiger partial charge in [0.15, 0.2) is 6.61 Å².